The minimum Gasteiger partial charge on any atom is -0.484 e. The van der Waals surface area contributed by atoms with E-state index in [1.54, 1.807) is 36.4 Å². The van der Waals surface area contributed by atoms with Gasteiger partial charge in [0.05, 0.1) is 13.2 Å². The number of carbonyl (C=O) groups is 2. The van der Waals surface area contributed by atoms with Crippen molar-refractivity contribution in [2.75, 3.05) is 39.5 Å². The number of rotatable bonds is 8. The second kappa shape index (κ2) is 10.7. The van der Waals surface area contributed by atoms with Crippen molar-refractivity contribution >= 4 is 11.7 Å². The van der Waals surface area contributed by atoms with Crippen molar-refractivity contribution in [3.63, 3.8) is 0 Å². The van der Waals surface area contributed by atoms with E-state index >= 15 is 0 Å². The molecule has 0 atom stereocenters. The fraction of sp³-hybridized carbons (Fsp3) is 0.462. The number of nitrogens with one attached hydrogen (secondary N) is 1. The van der Waals surface area contributed by atoms with Crippen LogP contribution in [0.4, 0.5) is 0 Å². The molecule has 6 nitrogen and oxygen atoms in total. The number of ether oxygens (including phenoxy) is 2. The number of benzene rings is 2. The molecule has 1 N–H and O–H groups in total. The maximum atomic E-state index is 12.5. The minimum absolute atomic E-state index is 0.0317. The summed E-state index contributed by atoms with van der Waals surface area (Å²) < 4.78 is 11.2. The Morgan fingerprint density at radius 2 is 1.56 bits per heavy atom. The molecule has 0 unspecified atom stereocenters. The highest BCUT2D eigenvalue weighted by molar-refractivity contribution is 6.08. The SMILES string of the molecule is O=C(COc1ccc(C(=O)c2ccccc2)cc1)NCC1(N2CCOCC2)CCCCC1. The van der Waals surface area contributed by atoms with Gasteiger partial charge < -0.3 is 14.8 Å². The highest BCUT2D eigenvalue weighted by Gasteiger charge is 2.38. The van der Waals surface area contributed by atoms with Crippen molar-refractivity contribution in [2.45, 2.75) is 37.6 Å². The second-order valence-corrected chi connectivity index (χ2v) is 8.67. The number of hydrogen-bond donors (Lipinski definition) is 1. The fourth-order valence-electron chi connectivity index (χ4n) is 4.77. The normalized spacial score (nSPS) is 18.6. The summed E-state index contributed by atoms with van der Waals surface area (Å²) in [6.07, 6.45) is 5.91. The third-order valence-electron chi connectivity index (χ3n) is 6.60. The van der Waals surface area contributed by atoms with Crippen molar-refractivity contribution in [1.29, 1.82) is 0 Å². The average molecular weight is 437 g/mol. The van der Waals surface area contributed by atoms with Gasteiger partial charge >= 0.3 is 0 Å². The van der Waals surface area contributed by atoms with E-state index in [1.165, 1.54) is 19.3 Å². The summed E-state index contributed by atoms with van der Waals surface area (Å²) in [6.45, 7) is 4.01. The molecular formula is C26H32N2O4. The van der Waals surface area contributed by atoms with Crippen molar-refractivity contribution in [1.82, 2.24) is 10.2 Å². The predicted molar refractivity (Wildman–Crippen MR) is 123 cm³/mol. The van der Waals surface area contributed by atoms with Crippen LogP contribution in [0.3, 0.4) is 0 Å². The van der Waals surface area contributed by atoms with Crippen molar-refractivity contribution in [2.24, 2.45) is 0 Å². The van der Waals surface area contributed by atoms with Gasteiger partial charge in [-0.3, -0.25) is 14.5 Å². The second-order valence-electron chi connectivity index (χ2n) is 8.67. The van der Waals surface area contributed by atoms with Crippen LogP contribution in [-0.4, -0.2) is 61.6 Å². The summed E-state index contributed by atoms with van der Waals surface area (Å²) in [5.41, 5.74) is 1.28. The lowest BCUT2D eigenvalue weighted by molar-refractivity contribution is -0.124. The molecule has 1 heterocycles. The maximum absolute atomic E-state index is 12.5. The average Bonchev–Trinajstić information content (AvgIpc) is 2.88. The first-order valence-electron chi connectivity index (χ1n) is 11.6. The predicted octanol–water partition coefficient (Wildman–Crippen LogP) is 3.45. The molecule has 4 rings (SSSR count). The standard InChI is InChI=1S/C26H32N2O4/c29-24(27-20-26(13-5-2-6-14-26)28-15-17-31-18-16-28)19-32-23-11-9-22(10-12-23)25(30)21-7-3-1-4-8-21/h1,3-4,7-12H,2,5-6,13-20H2,(H,27,29). The molecule has 1 aliphatic carbocycles. The molecule has 0 radical (unpaired) electrons. The summed E-state index contributed by atoms with van der Waals surface area (Å²) in [6, 6.07) is 16.1. The molecule has 0 spiro atoms. The molecule has 1 amide bonds. The van der Waals surface area contributed by atoms with E-state index in [-0.39, 0.29) is 23.8 Å². The van der Waals surface area contributed by atoms with Crippen LogP contribution >= 0.6 is 0 Å². The zero-order chi connectivity index (χ0) is 22.2. The molecule has 2 aromatic carbocycles. The topological polar surface area (TPSA) is 67.9 Å². The maximum Gasteiger partial charge on any atom is 0.258 e. The van der Waals surface area contributed by atoms with Crippen LogP contribution in [0, 0.1) is 0 Å². The Morgan fingerprint density at radius 1 is 0.906 bits per heavy atom. The van der Waals surface area contributed by atoms with Crippen molar-refractivity contribution in [3.8, 4) is 5.75 Å². The monoisotopic (exact) mass is 436 g/mol. The Labute approximate surface area is 189 Å². The van der Waals surface area contributed by atoms with E-state index < -0.39 is 0 Å². The first-order chi connectivity index (χ1) is 15.7. The summed E-state index contributed by atoms with van der Waals surface area (Å²) in [7, 11) is 0. The van der Waals surface area contributed by atoms with Crippen LogP contribution in [0.5, 0.6) is 5.75 Å². The third-order valence-corrected chi connectivity index (χ3v) is 6.60. The molecule has 2 fully saturated rings. The van der Waals surface area contributed by atoms with Crippen LogP contribution < -0.4 is 10.1 Å². The highest BCUT2D eigenvalue weighted by Crippen LogP contribution is 2.33. The van der Waals surface area contributed by atoms with Gasteiger partial charge in [-0.2, -0.15) is 0 Å². The number of amides is 1. The lowest BCUT2D eigenvalue weighted by Gasteiger charge is -2.48. The quantitative estimate of drug-likeness (QED) is 0.642. The van der Waals surface area contributed by atoms with Crippen LogP contribution in [-0.2, 0) is 9.53 Å². The first kappa shape index (κ1) is 22.5. The molecule has 170 valence electrons. The largest absolute Gasteiger partial charge is 0.484 e. The van der Waals surface area contributed by atoms with Gasteiger partial charge in [0.25, 0.3) is 5.91 Å². The van der Waals surface area contributed by atoms with Crippen LogP contribution in [0.1, 0.15) is 48.0 Å². The Kier molecular flexibility index (Phi) is 7.55. The molecular weight excluding hydrogens is 404 g/mol. The minimum atomic E-state index is -0.118. The van der Waals surface area contributed by atoms with Crippen LogP contribution in [0.2, 0.25) is 0 Å². The Balaban J connectivity index is 1.28. The highest BCUT2D eigenvalue weighted by atomic mass is 16.5. The van der Waals surface area contributed by atoms with Gasteiger partial charge in [0, 0.05) is 36.3 Å². The molecule has 1 aliphatic heterocycles. The van der Waals surface area contributed by atoms with E-state index in [1.807, 2.05) is 18.2 Å². The van der Waals surface area contributed by atoms with E-state index in [0.29, 0.717) is 23.4 Å². The van der Waals surface area contributed by atoms with E-state index in [9.17, 15) is 9.59 Å². The fourth-order valence-corrected chi connectivity index (χ4v) is 4.77. The summed E-state index contributed by atoms with van der Waals surface area (Å²) >= 11 is 0. The van der Waals surface area contributed by atoms with Gasteiger partial charge in [0.2, 0.25) is 0 Å². The molecule has 6 heteroatoms. The number of carbonyl (C=O) groups excluding carboxylic acids is 2. The zero-order valence-electron chi connectivity index (χ0n) is 18.6. The van der Waals surface area contributed by atoms with E-state index in [0.717, 1.165) is 39.1 Å². The lowest BCUT2D eigenvalue weighted by Crippen LogP contribution is -2.60. The van der Waals surface area contributed by atoms with Gasteiger partial charge in [0.1, 0.15) is 5.75 Å². The molecule has 32 heavy (non-hydrogen) atoms. The molecule has 0 bridgehead atoms. The first-order valence-corrected chi connectivity index (χ1v) is 11.6. The third kappa shape index (κ3) is 5.56. The van der Waals surface area contributed by atoms with Crippen LogP contribution in [0.15, 0.2) is 54.6 Å². The van der Waals surface area contributed by atoms with Crippen molar-refractivity contribution < 1.29 is 19.1 Å². The molecule has 2 aliphatic rings. The number of morpholine rings is 1. The number of ketones is 1. The van der Waals surface area contributed by atoms with Gasteiger partial charge in [-0.15, -0.1) is 0 Å². The molecule has 1 saturated heterocycles. The summed E-state index contributed by atoms with van der Waals surface area (Å²) in [5.74, 6) is 0.425. The van der Waals surface area contributed by atoms with Gasteiger partial charge in [0.15, 0.2) is 12.4 Å². The summed E-state index contributed by atoms with van der Waals surface area (Å²) in [5, 5.41) is 3.11. The van der Waals surface area contributed by atoms with Gasteiger partial charge in [-0.25, -0.2) is 0 Å². The van der Waals surface area contributed by atoms with E-state index in [2.05, 4.69) is 10.2 Å². The van der Waals surface area contributed by atoms with Crippen molar-refractivity contribution in [3.05, 3.63) is 65.7 Å². The number of hydrogen-bond acceptors (Lipinski definition) is 5. The zero-order valence-corrected chi connectivity index (χ0v) is 18.6. The molecule has 1 saturated carbocycles. The Morgan fingerprint density at radius 3 is 2.25 bits per heavy atom. The smallest absolute Gasteiger partial charge is 0.258 e. The molecule has 0 aromatic heterocycles. The summed E-state index contributed by atoms with van der Waals surface area (Å²) in [4.78, 5) is 27.5. The Bertz CT molecular complexity index is 886. The van der Waals surface area contributed by atoms with Gasteiger partial charge in [-0.05, 0) is 37.1 Å². The number of nitrogens with zero attached hydrogens (tertiary/aromatic N) is 1. The van der Waals surface area contributed by atoms with E-state index in [4.69, 9.17) is 9.47 Å². The Hall–Kier alpha value is -2.70. The lowest BCUT2D eigenvalue weighted by atomic mass is 9.79. The van der Waals surface area contributed by atoms with Gasteiger partial charge in [-0.1, -0.05) is 49.6 Å². The molecule has 2 aromatic rings. The van der Waals surface area contributed by atoms with Crippen LogP contribution in [0.25, 0.3) is 0 Å².